The minimum absolute atomic E-state index is 0.167. The van der Waals surface area contributed by atoms with Gasteiger partial charge in [-0.05, 0) is 48.9 Å². The molecule has 4 rings (SSSR count). The highest BCUT2D eigenvalue weighted by molar-refractivity contribution is 7.14. The van der Waals surface area contributed by atoms with Crippen molar-refractivity contribution < 1.29 is 14.0 Å². The maximum absolute atomic E-state index is 12.3. The summed E-state index contributed by atoms with van der Waals surface area (Å²) in [6, 6.07) is 11.0. The van der Waals surface area contributed by atoms with E-state index in [0.717, 1.165) is 24.6 Å². The number of furan rings is 1. The molecular formula is C19H18N2O3S. The average molecular weight is 354 g/mol. The van der Waals surface area contributed by atoms with Crippen LogP contribution in [0.4, 0.5) is 0 Å². The number of hydrogen-bond donors (Lipinski definition) is 2. The first kappa shape index (κ1) is 15.9. The van der Waals surface area contributed by atoms with Crippen LogP contribution in [0.2, 0.25) is 0 Å². The number of hydrogen-bond acceptors (Lipinski definition) is 4. The van der Waals surface area contributed by atoms with Crippen LogP contribution in [0, 0.1) is 5.92 Å². The lowest BCUT2D eigenvalue weighted by Gasteiger charge is -2.16. The van der Waals surface area contributed by atoms with Crippen LogP contribution in [0.1, 0.15) is 44.0 Å². The highest BCUT2D eigenvalue weighted by Crippen LogP contribution is 2.32. The summed E-state index contributed by atoms with van der Waals surface area (Å²) in [5.41, 5.74) is 6.80. The number of thiophene rings is 1. The number of carbonyl (C=O) groups excluding carboxylic acids is 2. The molecule has 3 aromatic rings. The fourth-order valence-electron chi connectivity index (χ4n) is 3.15. The molecule has 0 bridgehead atoms. The molecule has 25 heavy (non-hydrogen) atoms. The van der Waals surface area contributed by atoms with E-state index in [-0.39, 0.29) is 11.7 Å². The summed E-state index contributed by atoms with van der Waals surface area (Å²) in [5.74, 6) is 0.0580. The van der Waals surface area contributed by atoms with Crippen LogP contribution in [0.15, 0.2) is 40.8 Å². The number of amides is 2. The van der Waals surface area contributed by atoms with E-state index in [4.69, 9.17) is 4.42 Å². The second-order valence-corrected chi connectivity index (χ2v) is 7.60. The largest absolute Gasteiger partial charge is 0.451 e. The fraction of sp³-hybridized carbons (Fsp3) is 0.263. The summed E-state index contributed by atoms with van der Waals surface area (Å²) in [6.45, 7) is 2.23. The molecule has 128 valence electrons. The third kappa shape index (κ3) is 3.17. The molecule has 2 N–H and O–H groups in total. The minimum atomic E-state index is -0.473. The van der Waals surface area contributed by atoms with E-state index in [9.17, 15) is 9.59 Å². The maximum atomic E-state index is 12.3. The molecule has 1 aliphatic carbocycles. The van der Waals surface area contributed by atoms with Crippen molar-refractivity contribution in [2.75, 3.05) is 0 Å². The predicted molar refractivity (Wildman–Crippen MR) is 96.7 cm³/mol. The molecule has 0 aliphatic heterocycles. The molecule has 0 saturated carbocycles. The number of rotatable bonds is 2. The Morgan fingerprint density at radius 1 is 1.16 bits per heavy atom. The van der Waals surface area contributed by atoms with Gasteiger partial charge in [0.15, 0.2) is 5.76 Å². The number of fused-ring (bicyclic) bond motifs is 2. The summed E-state index contributed by atoms with van der Waals surface area (Å²) in [4.78, 5) is 26.4. The van der Waals surface area contributed by atoms with Gasteiger partial charge in [0.05, 0.1) is 4.88 Å². The van der Waals surface area contributed by atoms with Gasteiger partial charge in [0, 0.05) is 10.3 Å². The lowest BCUT2D eigenvalue weighted by molar-refractivity contribution is 0.0834. The third-order valence-electron chi connectivity index (χ3n) is 4.49. The van der Waals surface area contributed by atoms with Crippen LogP contribution in [0.3, 0.4) is 0 Å². The van der Waals surface area contributed by atoms with E-state index in [0.29, 0.717) is 16.4 Å². The van der Waals surface area contributed by atoms with Gasteiger partial charge in [-0.2, -0.15) is 0 Å². The normalized spacial score (nSPS) is 16.4. The molecule has 1 aromatic carbocycles. The summed E-state index contributed by atoms with van der Waals surface area (Å²) in [5, 5.41) is 0.846. The molecule has 2 aromatic heterocycles. The summed E-state index contributed by atoms with van der Waals surface area (Å²) in [7, 11) is 0. The first-order chi connectivity index (χ1) is 12.1. The van der Waals surface area contributed by atoms with E-state index in [1.54, 1.807) is 12.1 Å². The van der Waals surface area contributed by atoms with Crippen molar-refractivity contribution >= 4 is 34.1 Å². The van der Waals surface area contributed by atoms with E-state index in [1.165, 1.54) is 21.8 Å². The Kier molecular flexibility index (Phi) is 4.05. The molecule has 5 nitrogen and oxygen atoms in total. The Bertz CT molecular complexity index is 924. The molecule has 2 amide bonds. The Hall–Kier alpha value is -2.60. The molecule has 1 aliphatic rings. The molecule has 0 unspecified atom stereocenters. The first-order valence-electron chi connectivity index (χ1n) is 8.31. The van der Waals surface area contributed by atoms with Crippen LogP contribution >= 0.6 is 11.3 Å². The summed E-state index contributed by atoms with van der Waals surface area (Å²) in [6.07, 6.45) is 3.21. The highest BCUT2D eigenvalue weighted by Gasteiger charge is 2.21. The molecule has 6 heteroatoms. The number of hydrazine groups is 1. The van der Waals surface area contributed by atoms with Crippen molar-refractivity contribution in [2.24, 2.45) is 5.92 Å². The van der Waals surface area contributed by atoms with Gasteiger partial charge in [-0.25, -0.2) is 0 Å². The Balaban J connectivity index is 1.42. The average Bonchev–Trinajstić information content (AvgIpc) is 3.22. The monoisotopic (exact) mass is 354 g/mol. The summed E-state index contributed by atoms with van der Waals surface area (Å²) >= 11 is 1.51. The topological polar surface area (TPSA) is 71.3 Å². The highest BCUT2D eigenvalue weighted by atomic mass is 32.1. The number of carbonyl (C=O) groups is 2. The zero-order chi connectivity index (χ0) is 17.4. The van der Waals surface area contributed by atoms with Crippen molar-refractivity contribution in [2.45, 2.75) is 26.2 Å². The van der Waals surface area contributed by atoms with Gasteiger partial charge < -0.3 is 4.42 Å². The summed E-state index contributed by atoms with van der Waals surface area (Å²) < 4.78 is 5.49. The van der Waals surface area contributed by atoms with Crippen molar-refractivity contribution in [3.63, 3.8) is 0 Å². The fourth-order valence-corrected chi connectivity index (χ4v) is 4.25. The second-order valence-electron chi connectivity index (χ2n) is 6.46. The zero-order valence-corrected chi connectivity index (χ0v) is 14.6. The van der Waals surface area contributed by atoms with E-state index >= 15 is 0 Å². The Morgan fingerprint density at radius 3 is 2.80 bits per heavy atom. The number of aryl methyl sites for hydroxylation is 1. The van der Waals surface area contributed by atoms with Crippen LogP contribution in [-0.2, 0) is 12.8 Å². The van der Waals surface area contributed by atoms with E-state index in [2.05, 4.69) is 17.8 Å². The molecule has 0 radical (unpaired) electrons. The van der Waals surface area contributed by atoms with E-state index in [1.807, 2.05) is 24.3 Å². The van der Waals surface area contributed by atoms with Gasteiger partial charge in [0.25, 0.3) is 5.91 Å². The SMILES string of the molecule is C[C@H]1CCc2sc(C(=O)NNC(=O)c3cc4ccccc4o3)cc2C1. The molecule has 0 spiro atoms. The van der Waals surface area contributed by atoms with Gasteiger partial charge in [-0.1, -0.05) is 25.1 Å². The lowest BCUT2D eigenvalue weighted by Crippen LogP contribution is -2.41. The number of para-hydroxylation sites is 1. The van der Waals surface area contributed by atoms with Crippen LogP contribution in [-0.4, -0.2) is 11.8 Å². The second kappa shape index (κ2) is 6.37. The number of benzene rings is 1. The standard InChI is InChI=1S/C19H18N2O3S/c1-11-6-7-16-13(8-11)10-17(25-16)19(23)21-20-18(22)15-9-12-4-2-3-5-14(12)24-15/h2-5,9-11H,6-8H2,1H3,(H,20,22)(H,21,23)/t11-/m0/s1. The third-order valence-corrected chi connectivity index (χ3v) is 5.73. The minimum Gasteiger partial charge on any atom is -0.451 e. The molecule has 2 heterocycles. The van der Waals surface area contributed by atoms with Gasteiger partial charge in [-0.15, -0.1) is 11.3 Å². The lowest BCUT2D eigenvalue weighted by atomic mass is 9.90. The zero-order valence-electron chi connectivity index (χ0n) is 13.8. The van der Waals surface area contributed by atoms with Crippen molar-refractivity contribution in [1.82, 2.24) is 10.9 Å². The quantitative estimate of drug-likeness (QED) is 0.690. The molecule has 0 saturated heterocycles. The van der Waals surface area contributed by atoms with Crippen LogP contribution in [0.5, 0.6) is 0 Å². The van der Waals surface area contributed by atoms with Crippen molar-refractivity contribution in [1.29, 1.82) is 0 Å². The van der Waals surface area contributed by atoms with Gasteiger partial charge >= 0.3 is 5.91 Å². The molecular weight excluding hydrogens is 336 g/mol. The van der Waals surface area contributed by atoms with Crippen LogP contribution < -0.4 is 10.9 Å². The molecule has 0 fully saturated rings. The smallest absolute Gasteiger partial charge is 0.305 e. The van der Waals surface area contributed by atoms with Crippen molar-refractivity contribution in [3.8, 4) is 0 Å². The van der Waals surface area contributed by atoms with Crippen molar-refractivity contribution in [3.05, 3.63) is 57.5 Å². The maximum Gasteiger partial charge on any atom is 0.305 e. The van der Waals surface area contributed by atoms with Gasteiger partial charge in [-0.3, -0.25) is 20.4 Å². The van der Waals surface area contributed by atoms with Gasteiger partial charge in [0.1, 0.15) is 5.58 Å². The van der Waals surface area contributed by atoms with Gasteiger partial charge in [0.2, 0.25) is 0 Å². The predicted octanol–water partition coefficient (Wildman–Crippen LogP) is 3.69. The Morgan fingerprint density at radius 2 is 1.96 bits per heavy atom. The van der Waals surface area contributed by atoms with E-state index < -0.39 is 5.91 Å². The first-order valence-corrected chi connectivity index (χ1v) is 9.12. The number of nitrogens with one attached hydrogen (secondary N) is 2. The Labute approximate surface area is 149 Å². The molecule has 1 atom stereocenters. The van der Waals surface area contributed by atoms with Crippen LogP contribution in [0.25, 0.3) is 11.0 Å².